The summed E-state index contributed by atoms with van der Waals surface area (Å²) in [7, 11) is 1.13. The molecule has 1 rings (SSSR count). The van der Waals surface area contributed by atoms with Gasteiger partial charge in [-0.05, 0) is 6.07 Å². The Labute approximate surface area is 95.2 Å². The maximum Gasteiger partial charge on any atom is 0.325 e. The molecule has 0 fully saturated rings. The predicted octanol–water partition coefficient (Wildman–Crippen LogP) is 1.28. The van der Waals surface area contributed by atoms with Gasteiger partial charge in [0.05, 0.1) is 12.1 Å². The highest BCUT2D eigenvalue weighted by Crippen LogP contribution is 2.38. The second kappa shape index (κ2) is 4.54. The molecule has 0 aliphatic heterocycles. The van der Waals surface area contributed by atoms with E-state index in [0.717, 1.165) is 13.2 Å². The normalized spacial score (nSPS) is 12.2. The number of rotatable bonds is 3. The zero-order valence-electron chi connectivity index (χ0n) is 8.20. The molecule has 7 heteroatoms. The topological polar surface area (TPSA) is 92.8 Å². The van der Waals surface area contributed by atoms with Gasteiger partial charge in [0.1, 0.15) is 6.04 Å². The van der Waals surface area contributed by atoms with Gasteiger partial charge in [0.25, 0.3) is 0 Å². The van der Waals surface area contributed by atoms with Crippen LogP contribution in [0.2, 0.25) is 5.02 Å². The van der Waals surface area contributed by atoms with E-state index in [1.54, 1.807) is 0 Å². The molecule has 1 aromatic carbocycles. The third-order valence-electron chi connectivity index (χ3n) is 1.98. The van der Waals surface area contributed by atoms with E-state index < -0.39 is 29.3 Å². The van der Waals surface area contributed by atoms with Crippen LogP contribution in [0.4, 0.5) is 4.39 Å². The number of hydrogen-bond acceptors (Lipinski definition) is 4. The molecule has 1 aromatic rings. The minimum Gasteiger partial charge on any atom is -0.504 e. The molecule has 0 aliphatic carbocycles. The predicted molar refractivity (Wildman–Crippen MR) is 54.2 cm³/mol. The first-order chi connectivity index (χ1) is 7.40. The van der Waals surface area contributed by atoms with Crippen LogP contribution in [0.1, 0.15) is 11.6 Å². The third-order valence-corrected chi connectivity index (χ3v) is 2.27. The van der Waals surface area contributed by atoms with Gasteiger partial charge in [-0.25, -0.2) is 0 Å². The zero-order chi connectivity index (χ0) is 12.5. The SMILES string of the molecule is COc1c(C(N)C(=O)O)cc(Cl)c(O)c1F. The molecule has 16 heavy (non-hydrogen) atoms. The number of benzene rings is 1. The lowest BCUT2D eigenvalue weighted by molar-refractivity contribution is -0.138. The summed E-state index contributed by atoms with van der Waals surface area (Å²) in [4.78, 5) is 10.7. The quantitative estimate of drug-likeness (QED) is 0.750. The van der Waals surface area contributed by atoms with Gasteiger partial charge in [-0.15, -0.1) is 0 Å². The average Bonchev–Trinajstić information content (AvgIpc) is 2.24. The third kappa shape index (κ3) is 2.02. The number of hydrogen-bond donors (Lipinski definition) is 3. The van der Waals surface area contributed by atoms with Crippen LogP contribution in [0.25, 0.3) is 0 Å². The molecule has 0 saturated heterocycles. The van der Waals surface area contributed by atoms with E-state index in [2.05, 4.69) is 4.74 Å². The van der Waals surface area contributed by atoms with E-state index >= 15 is 0 Å². The van der Waals surface area contributed by atoms with Crippen LogP contribution in [0.15, 0.2) is 6.07 Å². The van der Waals surface area contributed by atoms with Gasteiger partial charge in [-0.3, -0.25) is 4.79 Å². The Morgan fingerprint density at radius 3 is 2.69 bits per heavy atom. The second-order valence-corrected chi connectivity index (χ2v) is 3.37. The van der Waals surface area contributed by atoms with Crippen LogP contribution >= 0.6 is 11.6 Å². The summed E-state index contributed by atoms with van der Waals surface area (Å²) >= 11 is 5.50. The number of carbonyl (C=O) groups is 1. The van der Waals surface area contributed by atoms with Crippen LogP contribution in [0, 0.1) is 5.82 Å². The number of nitrogens with two attached hydrogens (primary N) is 1. The molecule has 4 N–H and O–H groups in total. The molecule has 0 spiro atoms. The Balaban J connectivity index is 3.44. The molecule has 0 saturated carbocycles. The van der Waals surface area contributed by atoms with Crippen LogP contribution in [-0.2, 0) is 4.79 Å². The zero-order valence-corrected chi connectivity index (χ0v) is 8.95. The maximum absolute atomic E-state index is 13.4. The molecule has 1 unspecified atom stereocenters. The van der Waals surface area contributed by atoms with E-state index in [4.69, 9.17) is 22.4 Å². The standard InChI is InChI=1S/C9H9ClFNO4/c1-16-8-3(6(12)9(14)15)2-4(10)7(13)5(8)11/h2,6,13H,12H2,1H3,(H,14,15). The summed E-state index contributed by atoms with van der Waals surface area (Å²) in [6, 6.07) is -0.431. The number of ether oxygens (including phenoxy) is 1. The number of methoxy groups -OCH3 is 1. The van der Waals surface area contributed by atoms with E-state index in [9.17, 15) is 14.3 Å². The van der Waals surface area contributed by atoms with E-state index in [1.165, 1.54) is 0 Å². The van der Waals surface area contributed by atoms with E-state index in [-0.39, 0.29) is 10.6 Å². The number of carboxylic acids is 1. The average molecular weight is 250 g/mol. The Morgan fingerprint density at radius 2 is 2.25 bits per heavy atom. The number of phenols is 1. The van der Waals surface area contributed by atoms with Gasteiger partial charge in [0, 0.05) is 5.56 Å². The lowest BCUT2D eigenvalue weighted by Gasteiger charge is -2.14. The summed E-state index contributed by atoms with van der Waals surface area (Å²) in [5, 5.41) is 17.6. The minimum atomic E-state index is -1.48. The van der Waals surface area contributed by atoms with Crippen LogP contribution in [0.3, 0.4) is 0 Å². The first-order valence-corrected chi connectivity index (χ1v) is 4.51. The molecule has 5 nitrogen and oxygen atoms in total. The smallest absolute Gasteiger partial charge is 0.325 e. The molecular formula is C9H9ClFNO4. The minimum absolute atomic E-state index is 0.143. The van der Waals surface area contributed by atoms with Gasteiger partial charge in [-0.1, -0.05) is 11.6 Å². The number of halogens is 2. The molecule has 0 aliphatic rings. The Bertz CT molecular complexity index is 438. The molecule has 0 amide bonds. The summed E-state index contributed by atoms with van der Waals surface area (Å²) in [6.07, 6.45) is 0. The summed E-state index contributed by atoms with van der Waals surface area (Å²) in [5.41, 5.74) is 5.17. The number of aliphatic carboxylic acids is 1. The Morgan fingerprint density at radius 1 is 1.69 bits per heavy atom. The molecule has 88 valence electrons. The summed E-state index contributed by atoms with van der Waals surface area (Å²) in [5.74, 6) is -3.74. The first-order valence-electron chi connectivity index (χ1n) is 4.13. The van der Waals surface area contributed by atoms with Crippen molar-refractivity contribution in [2.24, 2.45) is 5.73 Å². The van der Waals surface area contributed by atoms with E-state index in [0.29, 0.717) is 0 Å². The monoisotopic (exact) mass is 249 g/mol. The second-order valence-electron chi connectivity index (χ2n) is 2.96. The van der Waals surface area contributed by atoms with Crippen molar-refractivity contribution in [2.45, 2.75) is 6.04 Å². The van der Waals surface area contributed by atoms with Crippen molar-refractivity contribution in [1.82, 2.24) is 0 Å². The highest BCUT2D eigenvalue weighted by Gasteiger charge is 2.25. The van der Waals surface area contributed by atoms with Crippen LogP contribution < -0.4 is 10.5 Å². The Kier molecular flexibility index (Phi) is 3.56. The highest BCUT2D eigenvalue weighted by molar-refractivity contribution is 6.32. The first kappa shape index (κ1) is 12.5. The number of carboxylic acid groups (broad SMARTS) is 1. The fraction of sp³-hybridized carbons (Fsp3) is 0.222. The molecule has 1 atom stereocenters. The maximum atomic E-state index is 13.4. The molecule has 0 bridgehead atoms. The van der Waals surface area contributed by atoms with Gasteiger partial charge in [0.2, 0.25) is 5.82 Å². The molecule has 0 aromatic heterocycles. The highest BCUT2D eigenvalue weighted by atomic mass is 35.5. The lowest BCUT2D eigenvalue weighted by atomic mass is 10.1. The summed E-state index contributed by atoms with van der Waals surface area (Å²) in [6.45, 7) is 0. The van der Waals surface area contributed by atoms with Crippen LogP contribution in [-0.4, -0.2) is 23.3 Å². The molecule has 0 heterocycles. The van der Waals surface area contributed by atoms with Crippen molar-refractivity contribution >= 4 is 17.6 Å². The van der Waals surface area contributed by atoms with Crippen molar-refractivity contribution in [1.29, 1.82) is 0 Å². The van der Waals surface area contributed by atoms with Crippen LogP contribution in [0.5, 0.6) is 11.5 Å². The van der Waals surface area contributed by atoms with Crippen molar-refractivity contribution in [3.05, 3.63) is 22.5 Å². The van der Waals surface area contributed by atoms with Crippen molar-refractivity contribution in [3.8, 4) is 11.5 Å². The largest absolute Gasteiger partial charge is 0.504 e. The van der Waals surface area contributed by atoms with Crippen molar-refractivity contribution < 1.29 is 24.1 Å². The molecule has 0 radical (unpaired) electrons. The van der Waals surface area contributed by atoms with Crippen molar-refractivity contribution in [2.75, 3.05) is 7.11 Å². The summed E-state index contributed by atoms with van der Waals surface area (Å²) < 4.78 is 18.1. The van der Waals surface area contributed by atoms with Gasteiger partial charge in [-0.2, -0.15) is 4.39 Å². The van der Waals surface area contributed by atoms with Gasteiger partial charge >= 0.3 is 5.97 Å². The Hall–Kier alpha value is -1.53. The number of aromatic hydroxyl groups is 1. The fourth-order valence-corrected chi connectivity index (χ4v) is 1.38. The number of phenolic OH excluding ortho intramolecular Hbond substituents is 1. The van der Waals surface area contributed by atoms with Gasteiger partial charge in [0.15, 0.2) is 11.5 Å². The fourth-order valence-electron chi connectivity index (χ4n) is 1.18. The lowest BCUT2D eigenvalue weighted by Crippen LogP contribution is -2.21. The van der Waals surface area contributed by atoms with Crippen molar-refractivity contribution in [3.63, 3.8) is 0 Å². The molecular weight excluding hydrogens is 241 g/mol. The van der Waals surface area contributed by atoms with E-state index in [1.807, 2.05) is 0 Å². The van der Waals surface area contributed by atoms with Gasteiger partial charge < -0.3 is 20.7 Å².